The van der Waals surface area contributed by atoms with E-state index in [-0.39, 0.29) is 21.6 Å². The van der Waals surface area contributed by atoms with Gasteiger partial charge in [-0.3, -0.25) is 0 Å². The first-order valence-electron chi connectivity index (χ1n) is 10.2. The number of nitrogens with zero attached hydrogens (tertiary/aromatic N) is 1. The van der Waals surface area contributed by atoms with Gasteiger partial charge in [0.2, 0.25) is 10.0 Å². The number of carboxylic acid groups (broad SMARTS) is 1. The van der Waals surface area contributed by atoms with E-state index in [2.05, 4.69) is 0 Å². The molecule has 0 unspecified atom stereocenters. The molecule has 0 aromatic heterocycles. The number of rotatable bonds is 6. The number of sulfonamides is 1. The van der Waals surface area contributed by atoms with Crippen LogP contribution < -0.4 is 4.74 Å². The minimum Gasteiger partial charge on any atom is -0.489 e. The van der Waals surface area contributed by atoms with Gasteiger partial charge in [-0.05, 0) is 54.3 Å². The van der Waals surface area contributed by atoms with E-state index >= 15 is 0 Å². The van der Waals surface area contributed by atoms with Crippen molar-refractivity contribution in [3.8, 4) is 16.9 Å². The highest BCUT2D eigenvalue weighted by atomic mass is 35.5. The Bertz CT molecular complexity index is 1200. The van der Waals surface area contributed by atoms with E-state index in [1.54, 1.807) is 12.1 Å². The molecule has 4 rings (SSSR count). The fraction of sp³-hybridized carbons (Fsp3) is 0.208. The van der Waals surface area contributed by atoms with E-state index in [1.807, 2.05) is 42.5 Å². The molecule has 0 spiro atoms. The second-order valence-corrected chi connectivity index (χ2v) is 9.91. The zero-order valence-electron chi connectivity index (χ0n) is 17.1. The summed E-state index contributed by atoms with van der Waals surface area (Å²) in [5, 5.41) is 9.25. The molecule has 0 saturated carbocycles. The number of ether oxygens (including phenoxy) is 1. The van der Waals surface area contributed by atoms with Gasteiger partial charge in [-0.2, -0.15) is 4.31 Å². The maximum atomic E-state index is 13.1. The van der Waals surface area contributed by atoms with Crippen LogP contribution in [-0.2, 0) is 10.0 Å². The Morgan fingerprint density at radius 2 is 1.56 bits per heavy atom. The topological polar surface area (TPSA) is 83.9 Å². The third kappa shape index (κ3) is 4.80. The maximum Gasteiger partial charge on any atom is 0.335 e. The Labute approximate surface area is 192 Å². The van der Waals surface area contributed by atoms with Crippen molar-refractivity contribution in [3.05, 3.63) is 83.4 Å². The van der Waals surface area contributed by atoms with Crippen molar-refractivity contribution in [1.29, 1.82) is 0 Å². The molecule has 1 fully saturated rings. The second-order valence-electron chi connectivity index (χ2n) is 7.56. The van der Waals surface area contributed by atoms with Crippen LogP contribution in [0.5, 0.6) is 5.75 Å². The molecule has 1 aliphatic rings. The summed E-state index contributed by atoms with van der Waals surface area (Å²) in [4.78, 5) is 11.3. The molecule has 1 saturated heterocycles. The summed E-state index contributed by atoms with van der Waals surface area (Å²) >= 11 is 6.14. The number of aromatic carboxylic acids is 1. The summed E-state index contributed by atoms with van der Waals surface area (Å²) in [6.45, 7) is 0.663. The normalized spacial score (nSPS) is 15.4. The first-order chi connectivity index (χ1) is 15.3. The van der Waals surface area contributed by atoms with E-state index in [0.717, 1.165) is 11.1 Å². The van der Waals surface area contributed by atoms with Crippen LogP contribution in [0, 0.1) is 0 Å². The molecule has 0 aliphatic carbocycles. The minimum atomic E-state index is -3.59. The summed E-state index contributed by atoms with van der Waals surface area (Å²) in [7, 11) is -3.59. The molecule has 1 N–H and O–H groups in total. The van der Waals surface area contributed by atoms with Crippen molar-refractivity contribution < 1.29 is 23.1 Å². The highest BCUT2D eigenvalue weighted by Crippen LogP contribution is 2.30. The van der Waals surface area contributed by atoms with Gasteiger partial charge in [0.25, 0.3) is 0 Å². The highest BCUT2D eigenvalue weighted by molar-refractivity contribution is 7.89. The van der Waals surface area contributed by atoms with Crippen LogP contribution in [0.3, 0.4) is 0 Å². The zero-order chi connectivity index (χ0) is 22.7. The maximum absolute atomic E-state index is 13.1. The Balaban J connectivity index is 1.39. The lowest BCUT2D eigenvalue weighted by atomic mass is 10.1. The van der Waals surface area contributed by atoms with Crippen molar-refractivity contribution in [2.24, 2.45) is 0 Å². The minimum absolute atomic E-state index is 0.0848. The average molecular weight is 472 g/mol. The van der Waals surface area contributed by atoms with Gasteiger partial charge in [0.15, 0.2) is 0 Å². The largest absolute Gasteiger partial charge is 0.489 e. The lowest BCUT2D eigenvalue weighted by molar-refractivity contribution is 0.0696. The van der Waals surface area contributed by atoms with E-state index in [1.165, 1.54) is 22.5 Å². The smallest absolute Gasteiger partial charge is 0.335 e. The zero-order valence-corrected chi connectivity index (χ0v) is 18.7. The molecule has 0 amide bonds. The SMILES string of the molecule is O=C(O)c1ccc(OC2CCN(S(=O)(=O)c3ccc(-c4ccccc4)cc3)CC2)c(Cl)c1. The van der Waals surface area contributed by atoms with Crippen LogP contribution in [-0.4, -0.2) is 43.0 Å². The molecule has 0 bridgehead atoms. The summed E-state index contributed by atoms with van der Waals surface area (Å²) in [6.07, 6.45) is 0.825. The average Bonchev–Trinajstić information content (AvgIpc) is 2.81. The van der Waals surface area contributed by atoms with E-state index in [4.69, 9.17) is 21.4 Å². The van der Waals surface area contributed by atoms with Crippen LogP contribution in [0.15, 0.2) is 77.7 Å². The molecule has 32 heavy (non-hydrogen) atoms. The van der Waals surface area contributed by atoms with Crippen molar-refractivity contribution in [2.45, 2.75) is 23.8 Å². The van der Waals surface area contributed by atoms with Crippen molar-refractivity contribution >= 4 is 27.6 Å². The molecule has 1 heterocycles. The quantitative estimate of drug-likeness (QED) is 0.550. The second kappa shape index (κ2) is 9.32. The molecule has 3 aromatic carbocycles. The van der Waals surface area contributed by atoms with Gasteiger partial charge in [-0.15, -0.1) is 0 Å². The van der Waals surface area contributed by atoms with Crippen LogP contribution >= 0.6 is 11.6 Å². The fourth-order valence-corrected chi connectivity index (χ4v) is 5.39. The molecule has 0 radical (unpaired) electrons. The van der Waals surface area contributed by atoms with Crippen LogP contribution in [0.1, 0.15) is 23.2 Å². The third-order valence-corrected chi connectivity index (χ3v) is 7.68. The van der Waals surface area contributed by atoms with Crippen molar-refractivity contribution in [2.75, 3.05) is 13.1 Å². The number of hydrogen-bond donors (Lipinski definition) is 1. The van der Waals surface area contributed by atoms with Gasteiger partial charge in [-0.1, -0.05) is 54.1 Å². The van der Waals surface area contributed by atoms with Gasteiger partial charge < -0.3 is 9.84 Å². The molecular weight excluding hydrogens is 450 g/mol. The first kappa shape index (κ1) is 22.3. The predicted molar refractivity (Wildman–Crippen MR) is 123 cm³/mol. The molecule has 8 heteroatoms. The standard InChI is InChI=1S/C24H22ClNO5S/c25-22-16-19(24(27)28)8-11-23(22)31-20-12-14-26(15-13-20)32(29,30)21-9-6-18(7-10-21)17-4-2-1-3-5-17/h1-11,16,20H,12-15H2,(H,27,28). The van der Waals surface area contributed by atoms with Crippen LogP contribution in [0.25, 0.3) is 11.1 Å². The number of carboxylic acids is 1. The van der Waals surface area contributed by atoms with Gasteiger partial charge in [-0.25, -0.2) is 13.2 Å². The van der Waals surface area contributed by atoms with Gasteiger partial charge in [0, 0.05) is 13.1 Å². The Hall–Kier alpha value is -2.87. The summed E-state index contributed by atoms with van der Waals surface area (Å²) in [5.41, 5.74) is 2.08. The highest BCUT2D eigenvalue weighted by Gasteiger charge is 2.30. The molecule has 1 aliphatic heterocycles. The molecule has 3 aromatic rings. The molecule has 166 valence electrons. The Kier molecular flexibility index (Phi) is 6.50. The van der Waals surface area contributed by atoms with Gasteiger partial charge in [0.1, 0.15) is 11.9 Å². The van der Waals surface area contributed by atoms with Crippen LogP contribution in [0.2, 0.25) is 5.02 Å². The number of halogens is 1. The Morgan fingerprint density at radius 3 is 2.16 bits per heavy atom. The molecule has 6 nitrogen and oxygen atoms in total. The number of carbonyl (C=O) groups is 1. The monoisotopic (exact) mass is 471 g/mol. The third-order valence-electron chi connectivity index (χ3n) is 5.47. The number of hydrogen-bond acceptors (Lipinski definition) is 4. The van der Waals surface area contributed by atoms with E-state index in [9.17, 15) is 13.2 Å². The van der Waals surface area contributed by atoms with E-state index < -0.39 is 16.0 Å². The Morgan fingerprint density at radius 1 is 0.938 bits per heavy atom. The van der Waals surface area contributed by atoms with Gasteiger partial charge >= 0.3 is 5.97 Å². The summed E-state index contributed by atoms with van der Waals surface area (Å²) in [5.74, 6) is -0.664. The lowest BCUT2D eigenvalue weighted by Gasteiger charge is -2.31. The lowest BCUT2D eigenvalue weighted by Crippen LogP contribution is -2.41. The number of piperidine rings is 1. The van der Waals surface area contributed by atoms with Crippen molar-refractivity contribution in [1.82, 2.24) is 4.31 Å². The summed E-state index contributed by atoms with van der Waals surface area (Å²) < 4.78 is 33.5. The van der Waals surface area contributed by atoms with E-state index in [0.29, 0.717) is 31.7 Å². The van der Waals surface area contributed by atoms with Crippen molar-refractivity contribution in [3.63, 3.8) is 0 Å². The molecule has 0 atom stereocenters. The molecular formula is C24H22ClNO5S. The van der Waals surface area contributed by atoms with Crippen LogP contribution in [0.4, 0.5) is 0 Å². The number of benzene rings is 3. The summed E-state index contributed by atoms with van der Waals surface area (Å²) in [6, 6.07) is 21.0. The van der Waals surface area contributed by atoms with Gasteiger partial charge in [0.05, 0.1) is 15.5 Å². The predicted octanol–water partition coefficient (Wildman–Crippen LogP) is 4.94. The fourth-order valence-electron chi connectivity index (χ4n) is 3.70. The first-order valence-corrected chi connectivity index (χ1v) is 12.0.